The highest BCUT2D eigenvalue weighted by Gasteiger charge is 2.38. The zero-order chi connectivity index (χ0) is 24.1. The number of fused-ring (bicyclic) bond motifs is 1. The van der Waals surface area contributed by atoms with Gasteiger partial charge in [-0.3, -0.25) is 9.48 Å². The number of phenols is 1. The molecular weight excluding hydrogens is 453 g/mol. The van der Waals surface area contributed by atoms with Crippen LogP contribution in [0.4, 0.5) is 27.8 Å². The number of aromatic nitrogens is 3. The summed E-state index contributed by atoms with van der Waals surface area (Å²) in [5, 5.41) is 16.4. The number of amides is 1. The molecule has 33 heavy (non-hydrogen) atoms. The summed E-state index contributed by atoms with van der Waals surface area (Å²) in [6.07, 6.45) is -4.57. The summed E-state index contributed by atoms with van der Waals surface area (Å²) >= 11 is 0. The molecule has 0 spiro atoms. The Morgan fingerprint density at radius 3 is 2.67 bits per heavy atom. The number of benzene rings is 1. The largest absolute Gasteiger partial charge is 0.503 e. The number of aryl methyl sites for hydroxylation is 1. The number of ether oxygens (including phenoxy) is 1. The zero-order valence-electron chi connectivity index (χ0n) is 17.4. The summed E-state index contributed by atoms with van der Waals surface area (Å²) in [7, 11) is 2.98. The van der Waals surface area contributed by atoms with Gasteiger partial charge in [0.05, 0.1) is 24.2 Å². The number of nitrogens with zero attached hydrogens (tertiary/aromatic N) is 4. The summed E-state index contributed by atoms with van der Waals surface area (Å²) in [6.45, 7) is 0.930. The lowest BCUT2D eigenvalue weighted by molar-refractivity contribution is -0.140. The van der Waals surface area contributed by atoms with Crippen molar-refractivity contribution in [1.29, 1.82) is 0 Å². The molecule has 3 aromatic rings. The van der Waals surface area contributed by atoms with Crippen LogP contribution in [0.15, 0.2) is 18.3 Å². The van der Waals surface area contributed by atoms with Crippen molar-refractivity contribution in [3.05, 3.63) is 35.5 Å². The summed E-state index contributed by atoms with van der Waals surface area (Å²) in [5.41, 5.74) is -2.37. The molecule has 13 heteroatoms. The quantitative estimate of drug-likeness (QED) is 0.571. The number of carbonyl (C=O) groups is 1. The fourth-order valence-corrected chi connectivity index (χ4v) is 3.69. The average molecular weight is 471 g/mol. The highest BCUT2D eigenvalue weighted by molar-refractivity contribution is 5.94. The van der Waals surface area contributed by atoms with Crippen LogP contribution >= 0.6 is 0 Å². The van der Waals surface area contributed by atoms with Gasteiger partial charge >= 0.3 is 6.18 Å². The first-order valence-corrected chi connectivity index (χ1v) is 9.72. The van der Waals surface area contributed by atoms with Crippen LogP contribution in [-0.2, 0) is 22.8 Å². The second-order valence-electron chi connectivity index (χ2n) is 7.40. The smallest absolute Gasteiger partial charge is 0.419 e. The molecule has 0 radical (unpaired) electrons. The molecule has 176 valence electrons. The highest BCUT2D eigenvalue weighted by Crippen LogP contribution is 2.41. The van der Waals surface area contributed by atoms with E-state index in [2.05, 4.69) is 15.4 Å². The second-order valence-corrected chi connectivity index (χ2v) is 7.40. The molecule has 1 aliphatic heterocycles. The number of hydrogen-bond donors (Lipinski definition) is 2. The number of phenolic OH excluding ortho intramolecular Hbond substituents is 1. The van der Waals surface area contributed by atoms with Crippen molar-refractivity contribution in [3.63, 3.8) is 0 Å². The number of anilines is 1. The first kappa shape index (κ1) is 22.7. The van der Waals surface area contributed by atoms with Crippen molar-refractivity contribution >= 4 is 22.6 Å². The summed E-state index contributed by atoms with van der Waals surface area (Å²) in [6, 6.07) is 1.86. The Morgan fingerprint density at radius 2 is 2.00 bits per heavy atom. The molecule has 1 unspecified atom stereocenters. The Bertz CT molecular complexity index is 1240. The van der Waals surface area contributed by atoms with Crippen molar-refractivity contribution in [2.24, 2.45) is 7.05 Å². The van der Waals surface area contributed by atoms with Gasteiger partial charge in [-0.1, -0.05) is 0 Å². The van der Waals surface area contributed by atoms with Gasteiger partial charge in [-0.15, -0.1) is 0 Å². The number of hydrogen-bond acceptors (Lipinski definition) is 6. The molecule has 2 N–H and O–H groups in total. The van der Waals surface area contributed by atoms with E-state index in [0.717, 1.165) is 0 Å². The van der Waals surface area contributed by atoms with E-state index in [9.17, 15) is 31.9 Å². The molecule has 4 rings (SSSR count). The molecule has 1 aromatic carbocycles. The number of likely N-dealkylation sites (N-methyl/N-ethyl adjacent to an activating group) is 1. The zero-order valence-corrected chi connectivity index (χ0v) is 17.4. The third kappa shape index (κ3) is 3.92. The van der Waals surface area contributed by atoms with Crippen molar-refractivity contribution in [2.45, 2.75) is 12.3 Å². The lowest BCUT2D eigenvalue weighted by Crippen LogP contribution is -2.49. The molecule has 1 saturated heterocycles. The SMILES string of the molecule is CNC(=O)C1CN(c2cc3c(cn2)c(-c2cc(C(F)(F)F)c(F)c(O)c2F)nn3C)CCO1. The van der Waals surface area contributed by atoms with Crippen molar-refractivity contribution in [1.82, 2.24) is 20.1 Å². The molecular formula is C20H18F5N5O3. The predicted molar refractivity (Wildman–Crippen MR) is 107 cm³/mol. The Morgan fingerprint density at radius 1 is 1.27 bits per heavy atom. The van der Waals surface area contributed by atoms with Crippen LogP contribution in [0.25, 0.3) is 22.2 Å². The van der Waals surface area contributed by atoms with E-state index < -0.39 is 40.8 Å². The number of aromatic hydroxyl groups is 1. The molecule has 1 amide bonds. The van der Waals surface area contributed by atoms with Crippen LogP contribution < -0.4 is 10.2 Å². The van der Waals surface area contributed by atoms with E-state index >= 15 is 0 Å². The van der Waals surface area contributed by atoms with Crippen LogP contribution in [-0.4, -0.2) is 58.6 Å². The maximum absolute atomic E-state index is 14.6. The van der Waals surface area contributed by atoms with Crippen LogP contribution in [0.2, 0.25) is 0 Å². The van der Waals surface area contributed by atoms with Crippen LogP contribution in [0.1, 0.15) is 5.56 Å². The van der Waals surface area contributed by atoms with Gasteiger partial charge in [0.15, 0.2) is 23.5 Å². The second kappa shape index (κ2) is 8.14. The molecule has 1 atom stereocenters. The standard InChI is InChI=1S/C20H18F5N5O3/c1-26-19(32)13-8-30(3-4-33-13)14-6-12-10(7-27-14)17(28-29(12)2)9-5-11(20(23,24)25)16(22)18(31)15(9)21/h5-7,13,31H,3-4,8H2,1-2H3,(H,26,32). The van der Waals surface area contributed by atoms with Gasteiger partial charge in [-0.05, 0) is 6.07 Å². The van der Waals surface area contributed by atoms with Gasteiger partial charge in [0.1, 0.15) is 11.5 Å². The molecule has 0 aliphatic carbocycles. The number of pyridine rings is 1. The maximum Gasteiger partial charge on any atom is 0.419 e. The number of carbonyl (C=O) groups excluding carboxylic acids is 1. The third-order valence-electron chi connectivity index (χ3n) is 5.39. The Labute approximate surface area is 183 Å². The van der Waals surface area contributed by atoms with Gasteiger partial charge in [0.2, 0.25) is 0 Å². The fraction of sp³-hybridized carbons (Fsp3) is 0.350. The molecule has 1 aliphatic rings. The number of rotatable bonds is 3. The van der Waals surface area contributed by atoms with Gasteiger partial charge in [0, 0.05) is 43.9 Å². The first-order chi connectivity index (χ1) is 15.5. The van der Waals surface area contributed by atoms with E-state index in [1.807, 2.05) is 0 Å². The molecule has 0 saturated carbocycles. The first-order valence-electron chi connectivity index (χ1n) is 9.72. The summed E-state index contributed by atoms with van der Waals surface area (Å²) in [4.78, 5) is 18.0. The summed E-state index contributed by atoms with van der Waals surface area (Å²) < 4.78 is 74.8. The highest BCUT2D eigenvalue weighted by atomic mass is 19.4. The maximum atomic E-state index is 14.6. The normalized spacial score (nSPS) is 16.9. The average Bonchev–Trinajstić information content (AvgIpc) is 3.12. The molecule has 0 bridgehead atoms. The van der Waals surface area contributed by atoms with Crippen molar-refractivity contribution in [2.75, 3.05) is 31.6 Å². The number of alkyl halides is 3. The van der Waals surface area contributed by atoms with E-state index in [1.165, 1.54) is 25.0 Å². The number of morpholine rings is 1. The Kier molecular flexibility index (Phi) is 5.60. The van der Waals surface area contributed by atoms with Gasteiger partial charge < -0.3 is 20.1 Å². The van der Waals surface area contributed by atoms with E-state index in [0.29, 0.717) is 17.9 Å². The van der Waals surface area contributed by atoms with Crippen molar-refractivity contribution < 1.29 is 36.6 Å². The topological polar surface area (TPSA) is 92.5 Å². The van der Waals surface area contributed by atoms with Crippen LogP contribution in [0, 0.1) is 11.6 Å². The van der Waals surface area contributed by atoms with E-state index in [4.69, 9.17) is 4.74 Å². The molecule has 1 fully saturated rings. The lowest BCUT2D eigenvalue weighted by Gasteiger charge is -2.32. The molecule has 3 heterocycles. The van der Waals surface area contributed by atoms with Gasteiger partial charge in [0.25, 0.3) is 5.91 Å². The van der Waals surface area contributed by atoms with Gasteiger partial charge in [-0.25, -0.2) is 13.8 Å². The monoisotopic (exact) mass is 471 g/mol. The Hall–Kier alpha value is -3.48. The minimum Gasteiger partial charge on any atom is -0.503 e. The van der Waals surface area contributed by atoms with Crippen LogP contribution in [0.3, 0.4) is 0 Å². The van der Waals surface area contributed by atoms with Crippen LogP contribution in [0.5, 0.6) is 5.75 Å². The third-order valence-corrected chi connectivity index (χ3v) is 5.39. The van der Waals surface area contributed by atoms with E-state index in [-0.39, 0.29) is 36.2 Å². The Balaban J connectivity index is 1.79. The van der Waals surface area contributed by atoms with Crippen molar-refractivity contribution in [3.8, 4) is 17.0 Å². The summed E-state index contributed by atoms with van der Waals surface area (Å²) in [5.74, 6) is -5.24. The minimum atomic E-state index is -5.16. The minimum absolute atomic E-state index is 0.190. The molecule has 2 aromatic heterocycles. The molecule has 8 nitrogen and oxygen atoms in total. The number of halogens is 5. The number of nitrogens with one attached hydrogen (secondary N) is 1. The van der Waals surface area contributed by atoms with Gasteiger partial charge in [-0.2, -0.15) is 18.3 Å². The van der Waals surface area contributed by atoms with E-state index in [1.54, 1.807) is 11.0 Å². The predicted octanol–water partition coefficient (Wildman–Crippen LogP) is 2.59. The fourth-order valence-electron chi connectivity index (χ4n) is 3.69. The lowest BCUT2D eigenvalue weighted by atomic mass is 10.0.